The van der Waals surface area contributed by atoms with E-state index in [0.29, 0.717) is 6.42 Å². The minimum Gasteiger partial charge on any atom is -0.497 e. The van der Waals surface area contributed by atoms with Gasteiger partial charge in [-0.05, 0) is 51.3 Å². The minimum absolute atomic E-state index is 0.199. The van der Waals surface area contributed by atoms with Crippen LogP contribution in [0.4, 0.5) is 0 Å². The Morgan fingerprint density at radius 3 is 2.45 bits per heavy atom. The number of hydrogen-bond acceptors (Lipinski definition) is 3. The predicted octanol–water partition coefficient (Wildman–Crippen LogP) is 2.88. The number of nitrogens with one attached hydrogen (secondary N) is 1. The lowest BCUT2D eigenvalue weighted by atomic mass is 9.76. The molecule has 2 N–H and O–H groups in total. The molecule has 0 aromatic heterocycles. The van der Waals surface area contributed by atoms with Crippen molar-refractivity contribution in [1.82, 2.24) is 4.72 Å². The first-order valence-electron chi connectivity index (χ1n) is 7.82. The number of benzene rings is 1. The number of methoxy groups -OCH3 is 1. The van der Waals surface area contributed by atoms with Crippen LogP contribution in [0.25, 0.3) is 0 Å². The highest BCUT2D eigenvalue weighted by molar-refractivity contribution is 7.84. The third-order valence-corrected chi connectivity index (χ3v) is 5.88. The standard InChI is InChI=1S/C17H27NO3S/c1-16(2,3)22(20)18-15-7-5-6-12-17(15,19)13-8-10-14(21-4)11-9-13/h8-11,15,18-19H,5-7,12H2,1-4H3/t15-,17+,22?/m0/s1. The molecule has 5 heteroatoms. The molecule has 1 aliphatic carbocycles. The third kappa shape index (κ3) is 3.70. The van der Waals surface area contributed by atoms with Gasteiger partial charge in [0.1, 0.15) is 11.4 Å². The zero-order chi connectivity index (χ0) is 16.4. The van der Waals surface area contributed by atoms with Crippen LogP contribution in [0.1, 0.15) is 52.0 Å². The van der Waals surface area contributed by atoms with Gasteiger partial charge >= 0.3 is 0 Å². The van der Waals surface area contributed by atoms with E-state index in [1.165, 1.54) is 0 Å². The highest BCUT2D eigenvalue weighted by atomic mass is 32.2. The zero-order valence-corrected chi connectivity index (χ0v) is 14.7. The van der Waals surface area contributed by atoms with Gasteiger partial charge in [-0.3, -0.25) is 0 Å². The summed E-state index contributed by atoms with van der Waals surface area (Å²) in [6.45, 7) is 5.81. The molecule has 22 heavy (non-hydrogen) atoms. The summed E-state index contributed by atoms with van der Waals surface area (Å²) in [6, 6.07) is 7.33. The Kier molecular flexibility index (Phi) is 5.30. The van der Waals surface area contributed by atoms with Crippen molar-refractivity contribution in [3.05, 3.63) is 29.8 Å². The molecule has 0 saturated heterocycles. The van der Waals surface area contributed by atoms with Crippen molar-refractivity contribution in [2.45, 2.75) is 62.8 Å². The summed E-state index contributed by atoms with van der Waals surface area (Å²) < 4.78 is 20.4. The van der Waals surface area contributed by atoms with Crippen LogP contribution in [0.2, 0.25) is 0 Å². The average Bonchev–Trinajstić information content (AvgIpc) is 2.48. The predicted molar refractivity (Wildman–Crippen MR) is 90.2 cm³/mol. The van der Waals surface area contributed by atoms with E-state index in [4.69, 9.17) is 4.74 Å². The van der Waals surface area contributed by atoms with E-state index in [9.17, 15) is 9.32 Å². The summed E-state index contributed by atoms with van der Waals surface area (Å²) >= 11 is 0. The van der Waals surface area contributed by atoms with Gasteiger partial charge in [0.25, 0.3) is 0 Å². The first-order chi connectivity index (χ1) is 10.3. The van der Waals surface area contributed by atoms with Gasteiger partial charge in [0, 0.05) is 0 Å². The fourth-order valence-electron chi connectivity index (χ4n) is 2.84. The van der Waals surface area contributed by atoms with Crippen LogP contribution in [0, 0.1) is 0 Å². The van der Waals surface area contributed by atoms with Crippen molar-refractivity contribution in [1.29, 1.82) is 0 Å². The van der Waals surface area contributed by atoms with Gasteiger partial charge in [0.15, 0.2) is 0 Å². The second-order valence-corrected chi connectivity index (χ2v) is 8.95. The molecule has 3 atom stereocenters. The summed E-state index contributed by atoms with van der Waals surface area (Å²) in [4.78, 5) is 0. The highest BCUT2D eigenvalue weighted by Gasteiger charge is 2.42. The van der Waals surface area contributed by atoms with Crippen LogP contribution in [0.15, 0.2) is 24.3 Å². The summed E-state index contributed by atoms with van der Waals surface area (Å²) in [5, 5.41) is 11.2. The zero-order valence-electron chi connectivity index (χ0n) is 13.9. The second-order valence-electron chi connectivity index (χ2n) is 6.95. The van der Waals surface area contributed by atoms with E-state index in [1.807, 2.05) is 45.0 Å². The Labute approximate surface area is 135 Å². The van der Waals surface area contributed by atoms with Gasteiger partial charge in [0.05, 0.1) is 28.9 Å². The first kappa shape index (κ1) is 17.4. The number of ether oxygens (including phenoxy) is 1. The maximum Gasteiger partial charge on any atom is 0.118 e. The molecule has 124 valence electrons. The Bertz CT molecular complexity index is 524. The van der Waals surface area contributed by atoms with E-state index in [1.54, 1.807) is 7.11 Å². The lowest BCUT2D eigenvalue weighted by Gasteiger charge is -2.41. The van der Waals surface area contributed by atoms with Gasteiger partial charge in [0.2, 0.25) is 0 Å². The van der Waals surface area contributed by atoms with Crippen LogP contribution in [-0.2, 0) is 16.6 Å². The lowest BCUT2D eigenvalue weighted by Crippen LogP contribution is -2.53. The van der Waals surface area contributed by atoms with Crippen LogP contribution < -0.4 is 9.46 Å². The molecule has 1 aromatic rings. The van der Waals surface area contributed by atoms with Gasteiger partial charge in [-0.2, -0.15) is 0 Å². The lowest BCUT2D eigenvalue weighted by molar-refractivity contribution is -0.0246. The first-order valence-corrected chi connectivity index (χ1v) is 8.97. The van der Waals surface area contributed by atoms with Gasteiger partial charge in [-0.25, -0.2) is 8.93 Å². The molecule has 1 unspecified atom stereocenters. The van der Waals surface area contributed by atoms with Crippen LogP contribution >= 0.6 is 0 Å². The molecular weight excluding hydrogens is 298 g/mol. The van der Waals surface area contributed by atoms with Crippen molar-refractivity contribution in [3.63, 3.8) is 0 Å². The maximum absolute atomic E-state index is 12.4. The van der Waals surface area contributed by atoms with Crippen molar-refractivity contribution in [2.75, 3.05) is 7.11 Å². The summed E-state index contributed by atoms with van der Waals surface area (Å²) in [7, 11) is 0.430. The van der Waals surface area contributed by atoms with E-state index < -0.39 is 16.6 Å². The Morgan fingerprint density at radius 2 is 1.91 bits per heavy atom. The topological polar surface area (TPSA) is 58.6 Å². The molecule has 0 spiro atoms. The molecule has 1 fully saturated rings. The highest BCUT2D eigenvalue weighted by Crippen LogP contribution is 2.38. The van der Waals surface area contributed by atoms with Gasteiger partial charge in [-0.1, -0.05) is 25.0 Å². The average molecular weight is 325 g/mol. The van der Waals surface area contributed by atoms with Crippen molar-refractivity contribution >= 4 is 11.0 Å². The fourth-order valence-corrected chi connectivity index (χ4v) is 3.77. The minimum atomic E-state index is -1.20. The SMILES string of the molecule is COc1ccc([C@]2(O)CCCC[C@@H]2NS(=O)C(C)(C)C)cc1. The van der Waals surface area contributed by atoms with E-state index >= 15 is 0 Å². The van der Waals surface area contributed by atoms with Crippen molar-refractivity contribution in [2.24, 2.45) is 0 Å². The largest absolute Gasteiger partial charge is 0.497 e. The maximum atomic E-state index is 12.4. The van der Waals surface area contributed by atoms with Gasteiger partial charge < -0.3 is 9.84 Å². The third-order valence-electron chi connectivity index (χ3n) is 4.27. The molecule has 2 rings (SSSR count). The molecule has 0 aliphatic heterocycles. The van der Waals surface area contributed by atoms with E-state index in [2.05, 4.69) is 4.72 Å². The van der Waals surface area contributed by atoms with Gasteiger partial charge in [-0.15, -0.1) is 0 Å². The van der Waals surface area contributed by atoms with Crippen LogP contribution in [0.3, 0.4) is 0 Å². The molecule has 0 heterocycles. The smallest absolute Gasteiger partial charge is 0.118 e. The summed E-state index contributed by atoms with van der Waals surface area (Å²) in [5.74, 6) is 0.769. The quantitative estimate of drug-likeness (QED) is 0.895. The normalized spacial score (nSPS) is 27.4. The van der Waals surface area contributed by atoms with Crippen LogP contribution in [-0.4, -0.2) is 27.2 Å². The molecule has 0 bridgehead atoms. The Balaban J connectivity index is 2.25. The number of hydrogen-bond donors (Lipinski definition) is 2. The molecule has 1 aromatic carbocycles. The summed E-state index contributed by atoms with van der Waals surface area (Å²) in [5.41, 5.74) is -0.123. The fraction of sp³-hybridized carbons (Fsp3) is 0.647. The number of rotatable bonds is 4. The Morgan fingerprint density at radius 1 is 1.27 bits per heavy atom. The summed E-state index contributed by atoms with van der Waals surface area (Å²) in [6.07, 6.45) is 3.52. The molecule has 1 saturated carbocycles. The molecular formula is C17H27NO3S. The van der Waals surface area contributed by atoms with Crippen molar-refractivity contribution in [3.8, 4) is 5.75 Å². The molecule has 0 amide bonds. The van der Waals surface area contributed by atoms with Crippen LogP contribution in [0.5, 0.6) is 5.75 Å². The van der Waals surface area contributed by atoms with Crippen molar-refractivity contribution < 1.29 is 14.1 Å². The molecule has 0 radical (unpaired) electrons. The molecule has 4 nitrogen and oxygen atoms in total. The van der Waals surface area contributed by atoms with E-state index in [-0.39, 0.29) is 10.8 Å². The van der Waals surface area contributed by atoms with E-state index in [0.717, 1.165) is 30.6 Å². The second kappa shape index (κ2) is 6.69. The monoisotopic (exact) mass is 325 g/mol. The Hall–Kier alpha value is -0.910. The molecule has 1 aliphatic rings. The number of aliphatic hydroxyl groups is 1.